The molecule has 0 amide bonds. The number of benzene rings is 3. The summed E-state index contributed by atoms with van der Waals surface area (Å²) in [6.07, 6.45) is 1.51. The Labute approximate surface area is 206 Å². The van der Waals surface area contributed by atoms with Crippen LogP contribution in [0.5, 0.6) is 5.75 Å². The van der Waals surface area contributed by atoms with Crippen LogP contribution < -0.4 is 4.74 Å². The van der Waals surface area contributed by atoms with Crippen LogP contribution in [0.3, 0.4) is 0 Å². The Morgan fingerprint density at radius 2 is 1.75 bits per heavy atom. The van der Waals surface area contributed by atoms with Crippen LogP contribution in [0.4, 0.5) is 0 Å². The molecule has 32 heavy (non-hydrogen) atoms. The molecule has 0 spiro atoms. The van der Waals surface area contributed by atoms with Crippen LogP contribution in [-0.2, 0) is 9.53 Å². The highest BCUT2D eigenvalue weighted by Crippen LogP contribution is 2.35. The van der Waals surface area contributed by atoms with Gasteiger partial charge in [0.25, 0.3) is 0 Å². The van der Waals surface area contributed by atoms with Crippen molar-refractivity contribution in [2.24, 2.45) is 4.99 Å². The maximum Gasteiger partial charge on any atom is 0.363 e. The van der Waals surface area contributed by atoms with Crippen molar-refractivity contribution in [1.29, 1.82) is 0 Å². The molecule has 0 aliphatic carbocycles. The molecule has 5 nitrogen and oxygen atoms in total. The number of halogens is 3. The Balaban J connectivity index is 1.69. The lowest BCUT2D eigenvalue weighted by molar-refractivity contribution is -0.129. The summed E-state index contributed by atoms with van der Waals surface area (Å²) in [5, 5.41) is 0.563. The normalized spacial score (nSPS) is 14.3. The number of rotatable bonds is 4. The first kappa shape index (κ1) is 22.5. The molecule has 1 aliphatic heterocycles. The van der Waals surface area contributed by atoms with Crippen molar-refractivity contribution >= 4 is 67.4 Å². The number of hydrogen-bond acceptors (Lipinski definition) is 5. The molecule has 0 aromatic heterocycles. The van der Waals surface area contributed by atoms with Gasteiger partial charge >= 0.3 is 11.9 Å². The zero-order chi connectivity index (χ0) is 22.8. The first-order valence-corrected chi connectivity index (χ1v) is 11.3. The van der Waals surface area contributed by atoms with Gasteiger partial charge in [-0.1, -0.05) is 45.2 Å². The number of carbonyl (C=O) groups excluding carboxylic acids is 2. The summed E-state index contributed by atoms with van der Waals surface area (Å²) in [5.41, 5.74) is 2.61. The van der Waals surface area contributed by atoms with Gasteiger partial charge in [0, 0.05) is 20.6 Å². The number of aryl methyl sites for hydroxylation is 1. The number of carbonyl (C=O) groups is 2. The van der Waals surface area contributed by atoms with Crippen LogP contribution >= 0.6 is 43.5 Å². The Bertz CT molecular complexity index is 1280. The Morgan fingerprint density at radius 1 is 1.06 bits per heavy atom. The minimum absolute atomic E-state index is 0.0765. The molecule has 4 rings (SSSR count). The summed E-state index contributed by atoms with van der Waals surface area (Å²) in [6.45, 7) is 1.93. The first-order valence-electron chi connectivity index (χ1n) is 9.36. The lowest BCUT2D eigenvalue weighted by Gasteiger charge is -2.11. The number of hydrogen-bond donors (Lipinski definition) is 0. The van der Waals surface area contributed by atoms with Gasteiger partial charge in [0.15, 0.2) is 11.4 Å². The van der Waals surface area contributed by atoms with Crippen LogP contribution in [-0.4, -0.2) is 17.8 Å². The monoisotopic (exact) mass is 573 g/mol. The van der Waals surface area contributed by atoms with Crippen molar-refractivity contribution in [3.63, 3.8) is 0 Å². The van der Waals surface area contributed by atoms with Crippen LogP contribution in [0.15, 0.2) is 80.3 Å². The van der Waals surface area contributed by atoms with Crippen LogP contribution in [0.25, 0.3) is 6.08 Å². The summed E-state index contributed by atoms with van der Waals surface area (Å²) in [4.78, 5) is 29.4. The second kappa shape index (κ2) is 9.40. The topological polar surface area (TPSA) is 65.0 Å². The number of ether oxygens (including phenoxy) is 2. The molecule has 0 fully saturated rings. The van der Waals surface area contributed by atoms with Gasteiger partial charge in [-0.25, -0.2) is 14.6 Å². The van der Waals surface area contributed by atoms with E-state index >= 15 is 0 Å². The predicted octanol–water partition coefficient (Wildman–Crippen LogP) is 6.74. The maximum absolute atomic E-state index is 12.7. The minimum Gasteiger partial charge on any atom is -0.421 e. The molecule has 1 heterocycles. The molecule has 160 valence electrons. The standard InChI is InChI=1S/C24H14Br2ClNO4/c1-13-2-4-15(5-3-13)23(29)31-21-16(10-17(25)12-19(21)26)11-20-24(30)32-22(28-20)14-6-8-18(27)9-7-14/h2-12H,1H3/b20-11-. The minimum atomic E-state index is -0.609. The quantitative estimate of drug-likeness (QED) is 0.196. The van der Waals surface area contributed by atoms with E-state index < -0.39 is 11.9 Å². The molecule has 0 atom stereocenters. The van der Waals surface area contributed by atoms with E-state index in [2.05, 4.69) is 36.9 Å². The number of cyclic esters (lactones) is 1. The molecular weight excluding hydrogens is 562 g/mol. The fraction of sp³-hybridized carbons (Fsp3) is 0.0417. The first-order chi connectivity index (χ1) is 15.3. The molecule has 3 aromatic carbocycles. The van der Waals surface area contributed by atoms with Gasteiger partial charge in [-0.3, -0.25) is 0 Å². The van der Waals surface area contributed by atoms with E-state index in [-0.39, 0.29) is 17.3 Å². The van der Waals surface area contributed by atoms with E-state index in [0.717, 1.165) is 10.0 Å². The third kappa shape index (κ3) is 5.01. The lowest BCUT2D eigenvalue weighted by atomic mass is 10.1. The highest BCUT2D eigenvalue weighted by molar-refractivity contribution is 9.11. The van der Waals surface area contributed by atoms with Gasteiger partial charge in [0.1, 0.15) is 0 Å². The average Bonchev–Trinajstić information content (AvgIpc) is 3.11. The Morgan fingerprint density at radius 3 is 2.44 bits per heavy atom. The third-order valence-electron chi connectivity index (χ3n) is 4.52. The van der Waals surface area contributed by atoms with Gasteiger partial charge in [-0.05, 0) is 77.5 Å². The van der Waals surface area contributed by atoms with Crippen molar-refractivity contribution in [2.75, 3.05) is 0 Å². The fourth-order valence-electron chi connectivity index (χ4n) is 2.91. The van der Waals surface area contributed by atoms with E-state index in [9.17, 15) is 9.59 Å². The van der Waals surface area contributed by atoms with Crippen molar-refractivity contribution in [2.45, 2.75) is 6.92 Å². The van der Waals surface area contributed by atoms with Crippen molar-refractivity contribution in [3.05, 3.63) is 103 Å². The Hall–Kier alpha value is -2.74. The van der Waals surface area contributed by atoms with Crippen LogP contribution in [0.1, 0.15) is 27.0 Å². The molecule has 3 aromatic rings. The summed E-state index contributed by atoms with van der Waals surface area (Å²) in [6, 6.07) is 17.3. The fourth-order valence-corrected chi connectivity index (χ4v) is 4.37. The molecule has 0 saturated carbocycles. The number of esters is 2. The van der Waals surface area contributed by atoms with E-state index in [1.165, 1.54) is 6.08 Å². The van der Waals surface area contributed by atoms with Crippen molar-refractivity contribution in [3.8, 4) is 5.75 Å². The van der Waals surface area contributed by atoms with E-state index in [0.29, 0.717) is 26.2 Å². The molecule has 0 bridgehead atoms. The molecule has 8 heteroatoms. The second-order valence-electron chi connectivity index (χ2n) is 6.90. The molecule has 0 radical (unpaired) electrons. The summed E-state index contributed by atoms with van der Waals surface area (Å²) in [7, 11) is 0. The Kier molecular flexibility index (Phi) is 6.60. The largest absolute Gasteiger partial charge is 0.421 e. The van der Waals surface area contributed by atoms with Gasteiger partial charge < -0.3 is 9.47 Å². The molecule has 0 N–H and O–H groups in total. The van der Waals surface area contributed by atoms with Crippen LogP contribution in [0, 0.1) is 6.92 Å². The summed E-state index contributed by atoms with van der Waals surface area (Å²) in [5.74, 6) is -0.701. The van der Waals surface area contributed by atoms with Gasteiger partial charge in [0.2, 0.25) is 5.90 Å². The van der Waals surface area contributed by atoms with Crippen LogP contribution in [0.2, 0.25) is 5.02 Å². The zero-order valence-corrected chi connectivity index (χ0v) is 20.5. The molecule has 0 saturated heterocycles. The molecule has 1 aliphatic rings. The number of aliphatic imine (C=N–C) groups is 1. The zero-order valence-electron chi connectivity index (χ0n) is 16.6. The van der Waals surface area contributed by atoms with Gasteiger partial charge in [-0.15, -0.1) is 0 Å². The highest BCUT2D eigenvalue weighted by Gasteiger charge is 2.25. The highest BCUT2D eigenvalue weighted by atomic mass is 79.9. The average molecular weight is 576 g/mol. The van der Waals surface area contributed by atoms with E-state index in [4.69, 9.17) is 21.1 Å². The SMILES string of the molecule is Cc1ccc(C(=O)Oc2c(Br)cc(Br)cc2/C=C2\N=C(c3ccc(Cl)cc3)OC2=O)cc1. The maximum atomic E-state index is 12.7. The van der Waals surface area contributed by atoms with E-state index in [1.54, 1.807) is 48.5 Å². The summed E-state index contributed by atoms with van der Waals surface area (Å²) >= 11 is 12.8. The van der Waals surface area contributed by atoms with E-state index in [1.807, 2.05) is 19.1 Å². The predicted molar refractivity (Wildman–Crippen MR) is 130 cm³/mol. The van der Waals surface area contributed by atoms with Gasteiger partial charge in [0.05, 0.1) is 10.0 Å². The van der Waals surface area contributed by atoms with Gasteiger partial charge in [-0.2, -0.15) is 0 Å². The third-order valence-corrected chi connectivity index (χ3v) is 5.82. The molecule has 0 unspecified atom stereocenters. The van der Waals surface area contributed by atoms with Crippen molar-refractivity contribution < 1.29 is 19.1 Å². The number of nitrogens with zero attached hydrogens (tertiary/aromatic N) is 1. The lowest BCUT2D eigenvalue weighted by Crippen LogP contribution is -2.10. The molecular formula is C24H14Br2ClNO4. The van der Waals surface area contributed by atoms with Crippen molar-refractivity contribution in [1.82, 2.24) is 0 Å². The smallest absolute Gasteiger partial charge is 0.363 e. The second-order valence-corrected chi connectivity index (χ2v) is 9.11. The summed E-state index contributed by atoms with van der Waals surface area (Å²) < 4.78 is 12.2.